The maximum absolute atomic E-state index is 12.5. The molecule has 0 aromatic carbocycles. The van der Waals surface area contributed by atoms with Gasteiger partial charge < -0.3 is 9.64 Å². The number of ether oxygens (including phenoxy) is 1. The van der Waals surface area contributed by atoms with Crippen molar-refractivity contribution in [2.24, 2.45) is 0 Å². The minimum Gasteiger partial charge on any atom is -0.380 e. The Morgan fingerprint density at radius 3 is 2.86 bits per heavy atom. The third kappa shape index (κ3) is 4.28. The molecular formula is C16H26N2O2S. The van der Waals surface area contributed by atoms with Crippen LogP contribution in [0.25, 0.3) is 0 Å². The Labute approximate surface area is 131 Å². The van der Waals surface area contributed by atoms with Crippen molar-refractivity contribution < 1.29 is 9.53 Å². The summed E-state index contributed by atoms with van der Waals surface area (Å²) in [4.78, 5) is 14.5. The number of hydrogen-bond acceptors (Lipinski definition) is 4. The molecule has 1 fully saturated rings. The fourth-order valence-electron chi connectivity index (χ4n) is 2.63. The first-order valence-corrected chi connectivity index (χ1v) is 8.88. The highest BCUT2D eigenvalue weighted by atomic mass is 32.1. The molecular weight excluding hydrogens is 284 g/mol. The summed E-state index contributed by atoms with van der Waals surface area (Å²) in [6.07, 6.45) is 4.14. The van der Waals surface area contributed by atoms with Gasteiger partial charge in [0.2, 0.25) is 5.91 Å². The van der Waals surface area contributed by atoms with Crippen LogP contribution in [0.15, 0.2) is 16.8 Å². The quantitative estimate of drug-likeness (QED) is 0.712. The van der Waals surface area contributed by atoms with E-state index in [2.05, 4.69) is 36.0 Å². The minimum atomic E-state index is -0.0458. The lowest BCUT2D eigenvalue weighted by Gasteiger charge is -2.23. The monoisotopic (exact) mass is 310 g/mol. The van der Waals surface area contributed by atoms with Crippen LogP contribution in [0.1, 0.15) is 51.3 Å². The van der Waals surface area contributed by atoms with Crippen molar-refractivity contribution in [3.63, 3.8) is 0 Å². The van der Waals surface area contributed by atoms with Crippen LogP contribution in [0.5, 0.6) is 0 Å². The average molecular weight is 310 g/mol. The van der Waals surface area contributed by atoms with Gasteiger partial charge in [0.05, 0.1) is 12.6 Å². The summed E-state index contributed by atoms with van der Waals surface area (Å²) in [6, 6.07) is 2.05. The summed E-state index contributed by atoms with van der Waals surface area (Å²) in [7, 11) is 0. The Morgan fingerprint density at radius 1 is 1.33 bits per heavy atom. The standard InChI is InChI=1S/C16H26N2O2S/c1-3-5-9-20-10-8-18-15(13-7-11-21-12-13)17-14(6-4-2)16(18)19/h7,11-12,14-15,17H,3-6,8-10H2,1-2H3. The summed E-state index contributed by atoms with van der Waals surface area (Å²) in [5.41, 5.74) is 1.18. The molecule has 2 unspecified atom stereocenters. The van der Waals surface area contributed by atoms with Gasteiger partial charge in [0.15, 0.2) is 0 Å². The SMILES string of the molecule is CCCCOCCN1C(=O)C(CCC)NC1c1ccsc1. The Hall–Kier alpha value is -0.910. The minimum absolute atomic E-state index is 0.00933. The van der Waals surface area contributed by atoms with Gasteiger partial charge in [-0.3, -0.25) is 10.1 Å². The third-order valence-electron chi connectivity index (χ3n) is 3.81. The van der Waals surface area contributed by atoms with Gasteiger partial charge in [0.1, 0.15) is 6.17 Å². The van der Waals surface area contributed by atoms with Crippen LogP contribution in [0.3, 0.4) is 0 Å². The van der Waals surface area contributed by atoms with Crippen molar-refractivity contribution >= 4 is 17.2 Å². The fraction of sp³-hybridized carbons (Fsp3) is 0.688. The Bertz CT molecular complexity index is 422. The molecule has 118 valence electrons. The number of carbonyl (C=O) groups excluding carboxylic acids is 1. The molecule has 1 aliphatic rings. The van der Waals surface area contributed by atoms with Crippen molar-refractivity contribution in [2.75, 3.05) is 19.8 Å². The normalized spacial score (nSPS) is 22.2. The largest absolute Gasteiger partial charge is 0.380 e. The van der Waals surface area contributed by atoms with E-state index >= 15 is 0 Å². The molecule has 0 radical (unpaired) electrons. The van der Waals surface area contributed by atoms with Crippen LogP contribution in [-0.2, 0) is 9.53 Å². The molecule has 1 aliphatic heterocycles. The topological polar surface area (TPSA) is 41.6 Å². The number of nitrogens with zero attached hydrogens (tertiary/aromatic N) is 1. The Balaban J connectivity index is 1.94. The average Bonchev–Trinajstić information content (AvgIpc) is 3.10. The van der Waals surface area contributed by atoms with Crippen molar-refractivity contribution in [1.82, 2.24) is 10.2 Å². The molecule has 0 aliphatic carbocycles. The van der Waals surface area contributed by atoms with Crippen molar-refractivity contribution in [3.05, 3.63) is 22.4 Å². The second-order valence-corrected chi connectivity index (χ2v) is 6.24. The molecule has 0 spiro atoms. The smallest absolute Gasteiger partial charge is 0.241 e. The van der Waals surface area contributed by atoms with Crippen LogP contribution >= 0.6 is 11.3 Å². The summed E-state index contributed by atoms with van der Waals surface area (Å²) < 4.78 is 5.63. The molecule has 5 heteroatoms. The number of rotatable bonds is 9. The third-order valence-corrected chi connectivity index (χ3v) is 4.51. The molecule has 1 aromatic rings. The number of hydrogen-bond donors (Lipinski definition) is 1. The highest BCUT2D eigenvalue weighted by Crippen LogP contribution is 2.28. The number of unbranched alkanes of at least 4 members (excludes halogenated alkanes) is 1. The first-order valence-electron chi connectivity index (χ1n) is 7.94. The van der Waals surface area contributed by atoms with Gasteiger partial charge in [-0.2, -0.15) is 11.3 Å². The summed E-state index contributed by atoms with van der Waals surface area (Å²) in [5.74, 6) is 0.215. The van der Waals surface area contributed by atoms with Gasteiger partial charge in [0, 0.05) is 13.2 Å². The second kappa shape index (κ2) is 8.51. The predicted octanol–water partition coefficient (Wildman–Crippen LogP) is 3.16. The molecule has 1 saturated heterocycles. The van der Waals surface area contributed by atoms with E-state index in [1.807, 2.05) is 4.90 Å². The van der Waals surface area contributed by atoms with E-state index in [0.29, 0.717) is 13.2 Å². The first kappa shape index (κ1) is 16.5. The first-order chi connectivity index (χ1) is 10.3. The van der Waals surface area contributed by atoms with Gasteiger partial charge in [0.25, 0.3) is 0 Å². The molecule has 0 saturated carbocycles. The summed E-state index contributed by atoms with van der Waals surface area (Å²) in [5, 5.41) is 7.65. The molecule has 0 bridgehead atoms. The number of carbonyl (C=O) groups is 1. The lowest BCUT2D eigenvalue weighted by atomic mass is 10.2. The molecule has 1 N–H and O–H groups in total. The zero-order chi connectivity index (χ0) is 15.1. The fourth-order valence-corrected chi connectivity index (χ4v) is 3.31. The van der Waals surface area contributed by atoms with E-state index < -0.39 is 0 Å². The van der Waals surface area contributed by atoms with Gasteiger partial charge in [-0.1, -0.05) is 26.7 Å². The van der Waals surface area contributed by atoms with Gasteiger partial charge in [-0.25, -0.2) is 0 Å². The number of nitrogens with one attached hydrogen (secondary N) is 1. The van der Waals surface area contributed by atoms with E-state index in [1.54, 1.807) is 11.3 Å². The van der Waals surface area contributed by atoms with Gasteiger partial charge in [-0.05, 0) is 35.2 Å². The molecule has 1 amide bonds. The lowest BCUT2D eigenvalue weighted by Crippen LogP contribution is -2.34. The van der Waals surface area contributed by atoms with Crippen molar-refractivity contribution in [3.8, 4) is 0 Å². The van der Waals surface area contributed by atoms with Crippen LogP contribution < -0.4 is 5.32 Å². The van der Waals surface area contributed by atoms with Gasteiger partial charge >= 0.3 is 0 Å². The Morgan fingerprint density at radius 2 is 2.19 bits per heavy atom. The van der Waals surface area contributed by atoms with Crippen molar-refractivity contribution in [2.45, 2.75) is 51.7 Å². The molecule has 2 heterocycles. The van der Waals surface area contributed by atoms with E-state index in [4.69, 9.17) is 4.74 Å². The highest BCUT2D eigenvalue weighted by molar-refractivity contribution is 7.07. The second-order valence-electron chi connectivity index (χ2n) is 5.46. The Kier molecular flexibility index (Phi) is 6.67. The van der Waals surface area contributed by atoms with E-state index in [-0.39, 0.29) is 18.1 Å². The van der Waals surface area contributed by atoms with Crippen LogP contribution in [0.2, 0.25) is 0 Å². The maximum Gasteiger partial charge on any atom is 0.241 e. The predicted molar refractivity (Wildman–Crippen MR) is 86.3 cm³/mol. The lowest BCUT2D eigenvalue weighted by molar-refractivity contribution is -0.131. The molecule has 1 aromatic heterocycles. The summed E-state index contributed by atoms with van der Waals surface area (Å²) >= 11 is 1.67. The maximum atomic E-state index is 12.5. The van der Waals surface area contributed by atoms with E-state index in [9.17, 15) is 4.79 Å². The zero-order valence-electron chi connectivity index (χ0n) is 13.0. The van der Waals surface area contributed by atoms with Gasteiger partial charge in [-0.15, -0.1) is 0 Å². The number of thiophene rings is 1. The molecule has 21 heavy (non-hydrogen) atoms. The zero-order valence-corrected chi connectivity index (χ0v) is 13.8. The van der Waals surface area contributed by atoms with Crippen LogP contribution in [0.4, 0.5) is 0 Å². The van der Waals surface area contributed by atoms with Crippen molar-refractivity contribution in [1.29, 1.82) is 0 Å². The number of amides is 1. The van der Waals surface area contributed by atoms with E-state index in [1.165, 1.54) is 5.56 Å². The van der Waals surface area contributed by atoms with Crippen LogP contribution in [0, 0.1) is 0 Å². The van der Waals surface area contributed by atoms with E-state index in [0.717, 1.165) is 32.3 Å². The molecule has 4 nitrogen and oxygen atoms in total. The van der Waals surface area contributed by atoms with Crippen LogP contribution in [-0.4, -0.2) is 36.6 Å². The molecule has 2 rings (SSSR count). The highest BCUT2D eigenvalue weighted by Gasteiger charge is 2.38. The summed E-state index contributed by atoms with van der Waals surface area (Å²) in [6.45, 7) is 6.33. The molecule has 2 atom stereocenters.